The lowest BCUT2D eigenvalue weighted by molar-refractivity contribution is 0.0595. The van der Waals surface area contributed by atoms with Crippen LogP contribution in [0.4, 0.5) is 8.78 Å². The summed E-state index contributed by atoms with van der Waals surface area (Å²) in [4.78, 5) is 36.6. The average Bonchev–Trinajstić information content (AvgIpc) is 3.39. The molecule has 0 saturated carbocycles. The number of hydrogen-bond acceptors (Lipinski definition) is 5. The molecule has 52 heavy (non-hydrogen) atoms. The molecule has 2 aromatic heterocycles. The monoisotopic (exact) mass is 730 g/mol. The lowest BCUT2D eigenvalue weighted by Crippen LogP contribution is -2.33. The van der Waals surface area contributed by atoms with Crippen LogP contribution in [-0.4, -0.2) is 26.7 Å². The maximum Gasteiger partial charge on any atom is 0.262 e. The van der Waals surface area contributed by atoms with E-state index in [1.807, 2.05) is 49.4 Å². The van der Waals surface area contributed by atoms with Crippen molar-refractivity contribution < 1.29 is 18.4 Å². The highest BCUT2D eigenvalue weighted by atomic mass is 35.5. The summed E-state index contributed by atoms with van der Waals surface area (Å²) in [6.45, 7) is 3.68. The van der Waals surface area contributed by atoms with Crippen LogP contribution in [-0.2, 0) is 0 Å². The molecule has 5 aromatic carbocycles. The highest BCUT2D eigenvalue weighted by Gasteiger charge is 2.39. The minimum Gasteiger partial charge on any atom is -0.324 e. The molecular formula is C42H30Cl2F2N4O2. The number of halogens is 4. The third kappa shape index (κ3) is 6.52. The van der Waals surface area contributed by atoms with Crippen molar-refractivity contribution in [2.24, 2.45) is 5.73 Å². The van der Waals surface area contributed by atoms with Gasteiger partial charge >= 0.3 is 0 Å². The molecule has 0 fully saturated rings. The van der Waals surface area contributed by atoms with Gasteiger partial charge in [0.1, 0.15) is 11.6 Å². The zero-order valence-corrected chi connectivity index (χ0v) is 29.5. The minimum absolute atomic E-state index is 0.196. The number of carbonyl (C=O) groups is 2. The van der Waals surface area contributed by atoms with Crippen molar-refractivity contribution >= 4 is 56.8 Å². The largest absolute Gasteiger partial charge is 0.324 e. The molecule has 0 saturated heterocycles. The number of rotatable bonds is 5. The highest BCUT2D eigenvalue weighted by molar-refractivity contribution is 6.33. The van der Waals surface area contributed by atoms with E-state index in [2.05, 4.69) is 9.97 Å². The smallest absolute Gasteiger partial charge is 0.262 e. The van der Waals surface area contributed by atoms with Gasteiger partial charge in [0.05, 0.1) is 39.6 Å². The molecule has 1 aliphatic heterocycles. The van der Waals surface area contributed by atoms with Crippen LogP contribution < -0.4 is 5.73 Å². The third-order valence-corrected chi connectivity index (χ3v) is 9.69. The second-order valence-electron chi connectivity index (χ2n) is 12.5. The summed E-state index contributed by atoms with van der Waals surface area (Å²) in [6, 6.07) is 33.3. The molecule has 0 radical (unpaired) electrons. The van der Waals surface area contributed by atoms with E-state index < -0.39 is 11.9 Å². The van der Waals surface area contributed by atoms with E-state index in [9.17, 15) is 18.4 Å². The van der Waals surface area contributed by atoms with Gasteiger partial charge in [-0.05, 0) is 80.1 Å². The van der Waals surface area contributed by atoms with Crippen molar-refractivity contribution in [2.75, 3.05) is 0 Å². The second-order valence-corrected chi connectivity index (χ2v) is 13.3. The molecule has 0 bridgehead atoms. The number of pyridine rings is 2. The standard InChI is InChI=1S/C25H16ClFN2O2.C17H14ClFN2/c1-14(29-24(30)17-6-2-3-7-18(17)25(29)31)20-12-15-10-11-16(27)13-22(15)28-23(20)19-8-4-5-9-21(19)26;1-10(20)14-8-11-6-7-12(19)9-16(11)21-17(14)13-4-2-3-5-15(13)18/h2-14H,1H3;2-10H,20H2,1H3. The fourth-order valence-corrected chi connectivity index (χ4v) is 6.87. The summed E-state index contributed by atoms with van der Waals surface area (Å²) < 4.78 is 27.3. The first-order valence-corrected chi connectivity index (χ1v) is 17.2. The van der Waals surface area contributed by atoms with E-state index in [0.29, 0.717) is 60.1 Å². The van der Waals surface area contributed by atoms with Gasteiger partial charge in [0, 0.05) is 55.7 Å². The Morgan fingerprint density at radius 2 is 0.981 bits per heavy atom. The predicted molar refractivity (Wildman–Crippen MR) is 202 cm³/mol. The number of amides is 2. The minimum atomic E-state index is -0.611. The van der Waals surface area contributed by atoms with Gasteiger partial charge in [-0.1, -0.05) is 71.7 Å². The lowest BCUT2D eigenvalue weighted by Gasteiger charge is -2.25. The van der Waals surface area contributed by atoms with Gasteiger partial charge in [-0.2, -0.15) is 0 Å². The molecule has 2 unspecified atom stereocenters. The van der Waals surface area contributed by atoms with E-state index >= 15 is 0 Å². The molecular weight excluding hydrogens is 701 g/mol. The van der Waals surface area contributed by atoms with E-state index in [0.717, 1.165) is 16.5 Å². The first-order chi connectivity index (χ1) is 25.0. The zero-order chi connectivity index (χ0) is 36.7. The van der Waals surface area contributed by atoms with Gasteiger partial charge in [0.25, 0.3) is 11.8 Å². The molecule has 7 aromatic rings. The molecule has 8 rings (SSSR count). The van der Waals surface area contributed by atoms with Crippen molar-refractivity contribution in [1.29, 1.82) is 0 Å². The van der Waals surface area contributed by atoms with Crippen LogP contribution in [0.15, 0.2) is 121 Å². The van der Waals surface area contributed by atoms with Crippen molar-refractivity contribution in [1.82, 2.24) is 14.9 Å². The topological polar surface area (TPSA) is 89.2 Å². The normalized spacial score (nSPS) is 13.6. The number of aromatic nitrogens is 2. The van der Waals surface area contributed by atoms with Crippen molar-refractivity contribution in [3.8, 4) is 22.5 Å². The molecule has 1 aliphatic rings. The Kier molecular flexibility index (Phi) is 9.55. The summed E-state index contributed by atoms with van der Waals surface area (Å²) in [5, 5.41) is 2.64. The number of imide groups is 1. The van der Waals surface area contributed by atoms with Crippen LogP contribution in [0.2, 0.25) is 10.0 Å². The number of benzene rings is 5. The predicted octanol–water partition coefficient (Wildman–Crippen LogP) is 10.8. The van der Waals surface area contributed by atoms with Gasteiger partial charge < -0.3 is 5.73 Å². The molecule has 2 amide bonds. The molecule has 258 valence electrons. The van der Waals surface area contributed by atoms with Crippen molar-refractivity contribution in [3.05, 3.63) is 165 Å². The van der Waals surface area contributed by atoms with Gasteiger partial charge in [-0.15, -0.1) is 0 Å². The zero-order valence-electron chi connectivity index (χ0n) is 27.9. The van der Waals surface area contributed by atoms with Crippen LogP contribution in [0.1, 0.15) is 57.8 Å². The molecule has 2 atom stereocenters. The average molecular weight is 732 g/mol. The summed E-state index contributed by atoms with van der Waals surface area (Å²) in [5.74, 6) is -1.41. The highest BCUT2D eigenvalue weighted by Crippen LogP contribution is 2.39. The molecule has 3 heterocycles. The Balaban J connectivity index is 0.000000175. The fourth-order valence-electron chi connectivity index (χ4n) is 6.42. The van der Waals surface area contributed by atoms with Gasteiger partial charge in [0.15, 0.2) is 0 Å². The Morgan fingerprint density at radius 3 is 1.42 bits per heavy atom. The quantitative estimate of drug-likeness (QED) is 0.178. The van der Waals surface area contributed by atoms with E-state index in [1.54, 1.807) is 61.5 Å². The van der Waals surface area contributed by atoms with Crippen molar-refractivity contribution in [2.45, 2.75) is 25.9 Å². The van der Waals surface area contributed by atoms with Crippen molar-refractivity contribution in [3.63, 3.8) is 0 Å². The maximum atomic E-state index is 13.8. The van der Waals surface area contributed by atoms with Gasteiger partial charge in [-0.25, -0.2) is 18.7 Å². The summed E-state index contributed by atoms with van der Waals surface area (Å²) in [5.41, 5.74) is 12.1. The first-order valence-electron chi connectivity index (χ1n) is 16.4. The Morgan fingerprint density at radius 1 is 0.577 bits per heavy atom. The maximum absolute atomic E-state index is 13.8. The Hall–Kier alpha value is -5.54. The van der Waals surface area contributed by atoms with Crippen LogP contribution in [0.3, 0.4) is 0 Å². The van der Waals surface area contributed by atoms with Gasteiger partial charge in [-0.3, -0.25) is 14.5 Å². The van der Waals surface area contributed by atoms with Crippen LogP contribution >= 0.6 is 23.2 Å². The number of carbonyl (C=O) groups excluding carboxylic acids is 2. The van der Waals surface area contributed by atoms with E-state index in [1.165, 1.54) is 29.2 Å². The lowest BCUT2D eigenvalue weighted by atomic mass is 9.97. The van der Waals surface area contributed by atoms with Gasteiger partial charge in [0.2, 0.25) is 0 Å². The number of nitrogens with zero attached hydrogens (tertiary/aromatic N) is 3. The number of fused-ring (bicyclic) bond motifs is 3. The van der Waals surface area contributed by atoms with E-state index in [-0.39, 0.29) is 23.7 Å². The molecule has 2 N–H and O–H groups in total. The summed E-state index contributed by atoms with van der Waals surface area (Å²) in [6.07, 6.45) is 0. The second kappa shape index (κ2) is 14.2. The third-order valence-electron chi connectivity index (χ3n) is 9.03. The first kappa shape index (κ1) is 34.9. The fraction of sp³-hybridized carbons (Fsp3) is 0.0952. The summed E-state index contributed by atoms with van der Waals surface area (Å²) >= 11 is 12.7. The summed E-state index contributed by atoms with van der Waals surface area (Å²) in [7, 11) is 0. The van der Waals surface area contributed by atoms with Crippen LogP contribution in [0.25, 0.3) is 44.3 Å². The Bertz CT molecular complexity index is 2510. The SMILES string of the molecule is CC(N)c1cc2ccc(F)cc2nc1-c1ccccc1Cl.CC(c1cc2ccc(F)cc2nc1-c1ccccc1Cl)N1C(=O)c2ccccc2C1=O. The molecule has 10 heteroatoms. The molecule has 0 aliphatic carbocycles. The number of hydrogen-bond donors (Lipinski definition) is 1. The molecule has 0 spiro atoms. The molecule has 6 nitrogen and oxygen atoms in total. The van der Waals surface area contributed by atoms with Crippen LogP contribution in [0, 0.1) is 11.6 Å². The Labute approximate surface area is 308 Å². The van der Waals surface area contributed by atoms with Crippen LogP contribution in [0.5, 0.6) is 0 Å². The number of nitrogens with two attached hydrogens (primary N) is 1. The van der Waals surface area contributed by atoms with E-state index in [4.69, 9.17) is 28.9 Å².